The van der Waals surface area contributed by atoms with E-state index in [1.54, 1.807) is 17.8 Å². The van der Waals surface area contributed by atoms with Crippen LogP contribution in [0.3, 0.4) is 0 Å². The van der Waals surface area contributed by atoms with Crippen LogP contribution in [0, 0.1) is 6.92 Å². The average Bonchev–Trinajstić information content (AvgIpc) is 2.66. The van der Waals surface area contributed by atoms with Crippen molar-refractivity contribution in [2.45, 2.75) is 39.8 Å². The Balaban J connectivity index is 2.71. The van der Waals surface area contributed by atoms with Crippen LogP contribution in [0.2, 0.25) is 5.02 Å². The van der Waals surface area contributed by atoms with E-state index in [1.807, 2.05) is 13.8 Å². The van der Waals surface area contributed by atoms with Gasteiger partial charge < -0.3 is 10.1 Å². The minimum atomic E-state index is -0.389. The third-order valence-electron chi connectivity index (χ3n) is 2.61. The first-order valence-corrected chi connectivity index (χ1v) is 6.55. The molecule has 0 fully saturated rings. The summed E-state index contributed by atoms with van der Waals surface area (Å²) in [6.07, 6.45) is 2.54. The first-order chi connectivity index (χ1) is 8.60. The van der Waals surface area contributed by atoms with Gasteiger partial charge in [-0.15, -0.1) is 0 Å². The standard InChI is InChI=1S/C12H20ClN3O2/c1-4-6-14-11(12(17)18-5-2)8-16-9(3)10(13)7-15-16/h7,11,14H,4-6,8H2,1-3H3. The van der Waals surface area contributed by atoms with E-state index in [1.165, 1.54) is 0 Å². The lowest BCUT2D eigenvalue weighted by molar-refractivity contribution is -0.146. The largest absolute Gasteiger partial charge is 0.465 e. The minimum Gasteiger partial charge on any atom is -0.465 e. The van der Waals surface area contributed by atoms with Crippen LogP contribution in [-0.2, 0) is 16.1 Å². The zero-order chi connectivity index (χ0) is 13.5. The highest BCUT2D eigenvalue weighted by Gasteiger charge is 2.20. The molecule has 0 bridgehead atoms. The van der Waals surface area contributed by atoms with Crippen LogP contribution in [0.5, 0.6) is 0 Å². The summed E-state index contributed by atoms with van der Waals surface area (Å²) in [5.74, 6) is -0.253. The van der Waals surface area contributed by atoms with Gasteiger partial charge in [0.05, 0.1) is 30.1 Å². The maximum atomic E-state index is 11.8. The van der Waals surface area contributed by atoms with Crippen LogP contribution < -0.4 is 5.32 Å². The molecule has 0 aliphatic carbocycles. The fourth-order valence-electron chi connectivity index (χ4n) is 1.56. The molecular formula is C12H20ClN3O2. The van der Waals surface area contributed by atoms with Crippen LogP contribution in [0.25, 0.3) is 0 Å². The summed E-state index contributed by atoms with van der Waals surface area (Å²) in [5.41, 5.74) is 0.851. The molecule has 0 amide bonds. The van der Waals surface area contributed by atoms with E-state index >= 15 is 0 Å². The number of hydrogen-bond acceptors (Lipinski definition) is 4. The SMILES string of the molecule is CCCNC(Cn1ncc(Cl)c1C)C(=O)OCC. The van der Waals surface area contributed by atoms with E-state index in [0.29, 0.717) is 18.2 Å². The number of hydrogen-bond donors (Lipinski definition) is 1. The maximum absolute atomic E-state index is 11.8. The lowest BCUT2D eigenvalue weighted by Gasteiger charge is -2.17. The lowest BCUT2D eigenvalue weighted by atomic mass is 10.2. The smallest absolute Gasteiger partial charge is 0.325 e. The topological polar surface area (TPSA) is 56.2 Å². The Morgan fingerprint density at radius 1 is 1.61 bits per heavy atom. The fraction of sp³-hybridized carbons (Fsp3) is 0.667. The summed E-state index contributed by atoms with van der Waals surface area (Å²) in [6, 6.07) is -0.389. The molecule has 0 aromatic carbocycles. The highest BCUT2D eigenvalue weighted by Crippen LogP contribution is 2.13. The Hall–Kier alpha value is -1.07. The molecule has 6 heteroatoms. The molecule has 0 aliphatic heterocycles. The Morgan fingerprint density at radius 3 is 2.83 bits per heavy atom. The van der Waals surface area contributed by atoms with Crippen LogP contribution in [-0.4, -0.2) is 34.9 Å². The van der Waals surface area contributed by atoms with Gasteiger partial charge in [-0.25, -0.2) is 0 Å². The number of nitrogens with zero attached hydrogens (tertiary/aromatic N) is 2. The molecule has 1 aromatic rings. The minimum absolute atomic E-state index is 0.253. The highest BCUT2D eigenvalue weighted by molar-refractivity contribution is 6.31. The average molecular weight is 274 g/mol. The number of aromatic nitrogens is 2. The fourth-order valence-corrected chi connectivity index (χ4v) is 1.71. The number of carbonyl (C=O) groups is 1. The molecule has 1 rings (SSSR count). The zero-order valence-corrected chi connectivity index (χ0v) is 11.8. The van der Waals surface area contributed by atoms with E-state index in [2.05, 4.69) is 10.4 Å². The van der Waals surface area contributed by atoms with E-state index in [9.17, 15) is 4.79 Å². The van der Waals surface area contributed by atoms with Gasteiger partial charge in [0.15, 0.2) is 0 Å². The number of nitrogens with one attached hydrogen (secondary N) is 1. The van der Waals surface area contributed by atoms with Gasteiger partial charge in [-0.05, 0) is 26.8 Å². The first-order valence-electron chi connectivity index (χ1n) is 6.18. The molecule has 102 valence electrons. The van der Waals surface area contributed by atoms with Crippen molar-refractivity contribution in [1.29, 1.82) is 0 Å². The van der Waals surface area contributed by atoms with Crippen LogP contribution in [0.1, 0.15) is 26.0 Å². The maximum Gasteiger partial charge on any atom is 0.325 e. The number of ether oxygens (including phenoxy) is 1. The van der Waals surface area contributed by atoms with Crippen LogP contribution in [0.4, 0.5) is 0 Å². The number of rotatable bonds is 7. The van der Waals surface area contributed by atoms with E-state index < -0.39 is 0 Å². The second kappa shape index (κ2) is 7.38. The van der Waals surface area contributed by atoms with Gasteiger partial charge in [0.25, 0.3) is 0 Å². The normalized spacial score (nSPS) is 12.4. The molecule has 18 heavy (non-hydrogen) atoms. The predicted molar refractivity (Wildman–Crippen MR) is 70.7 cm³/mol. The molecule has 0 saturated carbocycles. The Labute approximate surface area is 112 Å². The summed E-state index contributed by atoms with van der Waals surface area (Å²) >= 11 is 5.94. The number of halogens is 1. The number of carbonyl (C=O) groups excluding carboxylic acids is 1. The van der Waals surface area contributed by atoms with Gasteiger partial charge >= 0.3 is 5.97 Å². The summed E-state index contributed by atoms with van der Waals surface area (Å²) in [4.78, 5) is 11.8. The second-order valence-electron chi connectivity index (χ2n) is 4.02. The van der Waals surface area contributed by atoms with Crippen molar-refractivity contribution in [2.24, 2.45) is 0 Å². The van der Waals surface area contributed by atoms with Crippen molar-refractivity contribution in [1.82, 2.24) is 15.1 Å². The highest BCUT2D eigenvalue weighted by atomic mass is 35.5. The molecule has 1 N–H and O–H groups in total. The zero-order valence-electron chi connectivity index (χ0n) is 11.1. The van der Waals surface area contributed by atoms with Crippen LogP contribution in [0.15, 0.2) is 6.20 Å². The van der Waals surface area contributed by atoms with Gasteiger partial charge in [-0.1, -0.05) is 18.5 Å². The molecule has 1 atom stereocenters. The van der Waals surface area contributed by atoms with Crippen molar-refractivity contribution < 1.29 is 9.53 Å². The van der Waals surface area contributed by atoms with Crippen molar-refractivity contribution in [2.75, 3.05) is 13.2 Å². The van der Waals surface area contributed by atoms with E-state index in [-0.39, 0.29) is 12.0 Å². The molecule has 0 radical (unpaired) electrons. The van der Waals surface area contributed by atoms with Gasteiger partial charge in [-0.2, -0.15) is 5.10 Å². The molecule has 0 saturated heterocycles. The summed E-state index contributed by atoms with van der Waals surface area (Å²) in [5, 5.41) is 7.91. The van der Waals surface area contributed by atoms with Crippen molar-refractivity contribution in [3.05, 3.63) is 16.9 Å². The second-order valence-corrected chi connectivity index (χ2v) is 4.43. The van der Waals surface area contributed by atoms with E-state index in [0.717, 1.165) is 18.7 Å². The Kier molecular flexibility index (Phi) is 6.15. The summed E-state index contributed by atoms with van der Waals surface area (Å²) in [6.45, 7) is 7.28. The molecule has 0 spiro atoms. The monoisotopic (exact) mass is 273 g/mol. The Bertz CT molecular complexity index is 393. The van der Waals surface area contributed by atoms with Crippen molar-refractivity contribution in [3.63, 3.8) is 0 Å². The molecule has 1 aromatic heterocycles. The van der Waals surface area contributed by atoms with Gasteiger partial charge in [-0.3, -0.25) is 9.48 Å². The van der Waals surface area contributed by atoms with Crippen LogP contribution >= 0.6 is 11.6 Å². The third-order valence-corrected chi connectivity index (χ3v) is 2.98. The quantitative estimate of drug-likeness (QED) is 0.770. The van der Waals surface area contributed by atoms with Crippen molar-refractivity contribution in [3.8, 4) is 0 Å². The van der Waals surface area contributed by atoms with Crippen molar-refractivity contribution >= 4 is 17.6 Å². The first kappa shape index (κ1) is 15.0. The molecule has 0 aliphatic rings. The third kappa shape index (κ3) is 3.99. The molecular weight excluding hydrogens is 254 g/mol. The summed E-state index contributed by atoms with van der Waals surface area (Å²) < 4.78 is 6.76. The molecule has 1 unspecified atom stereocenters. The van der Waals surface area contributed by atoms with E-state index in [4.69, 9.17) is 16.3 Å². The van der Waals surface area contributed by atoms with Gasteiger partial charge in [0.2, 0.25) is 0 Å². The molecule has 1 heterocycles. The van der Waals surface area contributed by atoms with Gasteiger partial charge in [0, 0.05) is 0 Å². The summed E-state index contributed by atoms with van der Waals surface area (Å²) in [7, 11) is 0. The van der Waals surface area contributed by atoms with Gasteiger partial charge in [0.1, 0.15) is 6.04 Å². The predicted octanol–water partition coefficient (Wildman–Crippen LogP) is 1.78. The lowest BCUT2D eigenvalue weighted by Crippen LogP contribution is -2.42. The molecule has 5 nitrogen and oxygen atoms in total. The number of esters is 1. The Morgan fingerprint density at radius 2 is 2.33 bits per heavy atom.